The van der Waals surface area contributed by atoms with Gasteiger partial charge >= 0.3 is 58.8 Å². The first-order chi connectivity index (χ1) is 10.3. The molecule has 0 spiro atoms. The summed E-state index contributed by atoms with van der Waals surface area (Å²) >= 11 is 0. The Morgan fingerprint density at radius 1 is 0.458 bits per heavy atom. The Morgan fingerprint density at radius 2 is 0.542 bits per heavy atom. The summed E-state index contributed by atoms with van der Waals surface area (Å²) < 4.78 is 0. The summed E-state index contributed by atoms with van der Waals surface area (Å²) in [7, 11) is -8.67. The average molecular weight is 373 g/mol. The van der Waals surface area contributed by atoms with Crippen LogP contribution in [0.1, 0.15) is 20.8 Å². The van der Waals surface area contributed by atoms with Crippen molar-refractivity contribution in [2.24, 2.45) is 0 Å². The van der Waals surface area contributed by atoms with Crippen molar-refractivity contribution in [1.82, 2.24) is 4.90 Å². The second-order valence-corrected chi connectivity index (χ2v) is 3.01. The fraction of sp³-hybridized carbons (Fsp3) is 1.00. The molecule has 0 heterocycles. The van der Waals surface area contributed by atoms with Crippen molar-refractivity contribution < 1.29 is 60.3 Å². The van der Waals surface area contributed by atoms with E-state index in [9.17, 15) is 0 Å². The first-order valence-electron chi connectivity index (χ1n) is 6.17. The molecule has 0 unspecified atom stereocenters. The summed E-state index contributed by atoms with van der Waals surface area (Å²) in [5.74, 6) is 0. The fourth-order valence-electron chi connectivity index (χ4n) is 0.671. The van der Waals surface area contributed by atoms with E-state index in [0.29, 0.717) is 0 Å². The van der Waals surface area contributed by atoms with Crippen LogP contribution in [0.5, 0.6) is 0 Å². The van der Waals surface area contributed by atoms with Crippen molar-refractivity contribution in [3.05, 3.63) is 0 Å². The van der Waals surface area contributed by atoms with E-state index in [2.05, 4.69) is 25.7 Å². The molecular weight excluding hydrogens is 344 g/mol. The van der Waals surface area contributed by atoms with E-state index in [1.54, 1.807) is 0 Å². The van der Waals surface area contributed by atoms with E-state index in [1.165, 1.54) is 19.6 Å². The summed E-state index contributed by atoms with van der Waals surface area (Å²) in [5.41, 5.74) is 0. The molecule has 142 valence electrons. The molecule has 0 aliphatic heterocycles. The minimum absolute atomic E-state index is 0. The third-order valence-corrected chi connectivity index (χ3v) is 1.34. The Labute approximate surface area is 164 Å². The van der Waals surface area contributed by atoms with Crippen LogP contribution in [0.4, 0.5) is 0 Å². The maximum absolute atomic E-state index is 7.17. The standard InChI is InChI=1S/C6H15N.4BH3O3.Na.H/c1-4-7(5-2)6-3;4*2-1(3)4;;/h4-6H2,1-3H3;4*2-4H;;. The van der Waals surface area contributed by atoms with Crippen LogP contribution in [0.3, 0.4) is 0 Å². The normalized spacial score (nSPS) is 7.50. The third kappa shape index (κ3) is 237. The van der Waals surface area contributed by atoms with Crippen LogP contribution < -0.4 is 0 Å². The molecule has 0 saturated heterocycles. The van der Waals surface area contributed by atoms with Gasteiger partial charge in [-0.1, -0.05) is 20.8 Å². The Bertz CT molecular complexity index is 141. The molecule has 18 heteroatoms. The van der Waals surface area contributed by atoms with Gasteiger partial charge in [-0.2, -0.15) is 0 Å². The van der Waals surface area contributed by atoms with Gasteiger partial charge < -0.3 is 65.2 Å². The molecule has 0 aromatic rings. The summed E-state index contributed by atoms with van der Waals surface area (Å²) in [6.45, 7) is 10.1. The minimum atomic E-state index is -2.17. The van der Waals surface area contributed by atoms with Crippen molar-refractivity contribution in [3.8, 4) is 0 Å². The predicted molar refractivity (Wildman–Crippen MR) is 90.3 cm³/mol. The average Bonchev–Trinajstić information content (AvgIpc) is 2.28. The molecule has 0 amide bonds. The van der Waals surface area contributed by atoms with Crippen LogP contribution >= 0.6 is 0 Å². The van der Waals surface area contributed by atoms with E-state index in [1.807, 2.05) is 0 Å². The molecule has 0 saturated carbocycles. The summed E-state index contributed by atoms with van der Waals surface area (Å²) in [5, 5.41) is 86.0. The summed E-state index contributed by atoms with van der Waals surface area (Å²) in [6.07, 6.45) is 0. The Hall–Kier alpha value is 0.740. The quantitative estimate of drug-likeness (QED) is 0.206. The number of hydrogen-bond donors (Lipinski definition) is 12. The molecule has 12 N–H and O–H groups in total. The van der Waals surface area contributed by atoms with Crippen LogP contribution in [0, 0.1) is 0 Å². The fourth-order valence-corrected chi connectivity index (χ4v) is 0.671. The Kier molecular flexibility index (Phi) is 57.8. The van der Waals surface area contributed by atoms with E-state index >= 15 is 0 Å². The predicted octanol–water partition coefficient (Wildman–Crippen LogP) is -7.51. The summed E-state index contributed by atoms with van der Waals surface area (Å²) in [4.78, 5) is 2.38. The van der Waals surface area contributed by atoms with Gasteiger partial charge in [-0.05, 0) is 19.6 Å². The number of rotatable bonds is 3. The molecule has 0 aliphatic carbocycles. The van der Waals surface area contributed by atoms with Crippen LogP contribution in [0.15, 0.2) is 0 Å². The molecule has 0 aromatic heterocycles. The molecule has 0 radical (unpaired) electrons. The van der Waals surface area contributed by atoms with Gasteiger partial charge in [0, 0.05) is 0 Å². The molecule has 24 heavy (non-hydrogen) atoms. The summed E-state index contributed by atoms with van der Waals surface area (Å²) in [6, 6.07) is 0. The number of hydrogen-bond acceptors (Lipinski definition) is 13. The van der Waals surface area contributed by atoms with E-state index in [0.717, 1.165) is 0 Å². The first kappa shape index (κ1) is 39.7. The van der Waals surface area contributed by atoms with Gasteiger partial charge in [-0.25, -0.2) is 0 Å². The zero-order valence-electron chi connectivity index (χ0n) is 13.2. The van der Waals surface area contributed by atoms with Crippen molar-refractivity contribution >= 4 is 58.8 Å². The first-order valence-corrected chi connectivity index (χ1v) is 6.17. The van der Waals surface area contributed by atoms with Crippen LogP contribution in [-0.2, 0) is 0 Å². The zero-order chi connectivity index (χ0) is 20.0. The second kappa shape index (κ2) is 35.0. The Balaban J connectivity index is -0.0000000429. The molecule has 0 aromatic carbocycles. The van der Waals surface area contributed by atoms with E-state index < -0.39 is 29.3 Å². The van der Waals surface area contributed by atoms with Crippen molar-refractivity contribution in [2.45, 2.75) is 20.8 Å². The molecule has 0 rings (SSSR count). The number of nitrogens with zero attached hydrogens (tertiary/aromatic N) is 1. The Morgan fingerprint density at radius 3 is 0.542 bits per heavy atom. The monoisotopic (exact) mass is 373 g/mol. The van der Waals surface area contributed by atoms with E-state index in [-0.39, 0.29) is 29.6 Å². The van der Waals surface area contributed by atoms with E-state index in [4.69, 9.17) is 60.3 Å². The van der Waals surface area contributed by atoms with Gasteiger partial charge in [-0.3, -0.25) is 0 Å². The van der Waals surface area contributed by atoms with Crippen molar-refractivity contribution in [2.75, 3.05) is 19.6 Å². The third-order valence-electron chi connectivity index (χ3n) is 1.34. The van der Waals surface area contributed by atoms with Crippen molar-refractivity contribution in [1.29, 1.82) is 0 Å². The van der Waals surface area contributed by atoms with Crippen LogP contribution in [0.25, 0.3) is 0 Å². The van der Waals surface area contributed by atoms with Gasteiger partial charge in [0.1, 0.15) is 0 Å². The van der Waals surface area contributed by atoms with Gasteiger partial charge in [0.2, 0.25) is 0 Å². The maximum atomic E-state index is 7.17. The SMILES string of the molecule is CCN(CC)CC.OB(O)O.OB(O)O.OB(O)O.OB(O)O.[NaH]. The van der Waals surface area contributed by atoms with Crippen LogP contribution in [0.2, 0.25) is 0 Å². The molecule has 0 atom stereocenters. The molecule has 0 fully saturated rings. The molecule has 13 nitrogen and oxygen atoms in total. The molecular formula is C6H28B4NNaO12. The zero-order valence-corrected chi connectivity index (χ0v) is 13.2. The molecule has 0 bridgehead atoms. The second-order valence-electron chi connectivity index (χ2n) is 3.01. The van der Waals surface area contributed by atoms with Crippen molar-refractivity contribution in [3.63, 3.8) is 0 Å². The van der Waals surface area contributed by atoms with Gasteiger partial charge in [-0.15, -0.1) is 0 Å². The topological polar surface area (TPSA) is 246 Å². The van der Waals surface area contributed by atoms with Crippen LogP contribution in [-0.4, -0.2) is 144 Å². The van der Waals surface area contributed by atoms with Gasteiger partial charge in [0.25, 0.3) is 0 Å². The van der Waals surface area contributed by atoms with Gasteiger partial charge in [0.15, 0.2) is 0 Å². The van der Waals surface area contributed by atoms with Gasteiger partial charge in [0.05, 0.1) is 0 Å². The molecule has 0 aliphatic rings.